The molecule has 2 heteroatoms. The number of rotatable bonds is 3. The second kappa shape index (κ2) is 4.42. The Morgan fingerprint density at radius 2 is 2.00 bits per heavy atom. The van der Waals surface area contributed by atoms with Gasteiger partial charge in [-0.1, -0.05) is 42.5 Å². The Morgan fingerprint density at radius 1 is 1.14 bits per heavy atom. The fourth-order valence-electron chi connectivity index (χ4n) is 1.28. The van der Waals surface area contributed by atoms with Crippen LogP contribution in [-0.2, 0) is 6.42 Å². The fraction of sp³-hybridized carbons (Fsp3) is 0.0833. The van der Waals surface area contributed by atoms with Crippen LogP contribution in [0, 0.1) is 0 Å². The first-order chi connectivity index (χ1) is 6.95. The van der Waals surface area contributed by atoms with Crippen molar-refractivity contribution in [1.82, 2.24) is 10.2 Å². The summed E-state index contributed by atoms with van der Waals surface area (Å²) in [5, 5.41) is 6.81. The smallest absolute Gasteiger partial charge is 0.0490 e. The van der Waals surface area contributed by atoms with Crippen LogP contribution in [0.3, 0.4) is 0 Å². The highest BCUT2D eigenvalue weighted by Gasteiger charge is 1.88. The molecule has 0 atom stereocenters. The number of hydrogen-bond donors (Lipinski definition) is 1. The van der Waals surface area contributed by atoms with Crippen molar-refractivity contribution in [3.05, 3.63) is 59.9 Å². The minimum atomic E-state index is 0.898. The van der Waals surface area contributed by atoms with Gasteiger partial charge in [0, 0.05) is 18.3 Å². The second-order valence-corrected chi connectivity index (χ2v) is 3.10. The van der Waals surface area contributed by atoms with Gasteiger partial charge in [0.1, 0.15) is 0 Å². The average Bonchev–Trinajstić information content (AvgIpc) is 2.72. The van der Waals surface area contributed by atoms with Crippen molar-refractivity contribution < 1.29 is 0 Å². The molecule has 14 heavy (non-hydrogen) atoms. The van der Waals surface area contributed by atoms with Gasteiger partial charge in [-0.15, -0.1) is 0 Å². The van der Waals surface area contributed by atoms with Crippen molar-refractivity contribution in [3.8, 4) is 0 Å². The summed E-state index contributed by atoms with van der Waals surface area (Å²) in [6.45, 7) is 0. The normalized spacial score (nSPS) is 10.9. The van der Waals surface area contributed by atoms with Crippen LogP contribution in [0.2, 0.25) is 0 Å². The Balaban J connectivity index is 1.96. The molecule has 0 amide bonds. The molecule has 0 radical (unpaired) electrons. The third-order valence-corrected chi connectivity index (χ3v) is 2.01. The number of aromatic amines is 1. The molecule has 1 aromatic heterocycles. The molecule has 2 nitrogen and oxygen atoms in total. The predicted molar refractivity (Wildman–Crippen MR) is 57.8 cm³/mol. The molecule has 0 saturated carbocycles. The van der Waals surface area contributed by atoms with Gasteiger partial charge in [-0.2, -0.15) is 5.10 Å². The van der Waals surface area contributed by atoms with E-state index in [2.05, 4.69) is 34.5 Å². The van der Waals surface area contributed by atoms with E-state index in [0.717, 1.165) is 12.1 Å². The van der Waals surface area contributed by atoms with Gasteiger partial charge >= 0.3 is 0 Å². The third kappa shape index (κ3) is 2.33. The lowest BCUT2D eigenvalue weighted by atomic mass is 10.2. The van der Waals surface area contributed by atoms with E-state index in [1.54, 1.807) is 6.20 Å². The van der Waals surface area contributed by atoms with Crippen LogP contribution in [0.4, 0.5) is 0 Å². The van der Waals surface area contributed by atoms with Crippen molar-refractivity contribution in [2.24, 2.45) is 0 Å². The summed E-state index contributed by atoms with van der Waals surface area (Å²) in [6, 6.07) is 12.3. The first-order valence-electron chi connectivity index (χ1n) is 4.65. The number of hydrogen-bond acceptors (Lipinski definition) is 1. The van der Waals surface area contributed by atoms with Gasteiger partial charge in [0.15, 0.2) is 0 Å². The first kappa shape index (κ1) is 8.75. The van der Waals surface area contributed by atoms with Crippen molar-refractivity contribution in [2.45, 2.75) is 6.42 Å². The number of aromatic nitrogens is 2. The molecular formula is C12H12N2. The molecule has 0 fully saturated rings. The molecule has 0 spiro atoms. The minimum Gasteiger partial charge on any atom is -0.282 e. The SMILES string of the molecule is C(=Cc1ccccc1)Cc1ccn[nH]1. The summed E-state index contributed by atoms with van der Waals surface area (Å²) in [7, 11) is 0. The Bertz CT molecular complexity index is 388. The number of allylic oxidation sites excluding steroid dienone is 1. The van der Waals surface area contributed by atoms with Crippen LogP contribution in [0.15, 0.2) is 48.7 Å². The zero-order valence-electron chi connectivity index (χ0n) is 7.85. The topological polar surface area (TPSA) is 28.7 Å². The fourth-order valence-corrected chi connectivity index (χ4v) is 1.28. The summed E-state index contributed by atoms with van der Waals surface area (Å²) in [5.74, 6) is 0. The number of benzene rings is 1. The highest BCUT2D eigenvalue weighted by atomic mass is 15.1. The summed E-state index contributed by atoms with van der Waals surface area (Å²) in [6.07, 6.45) is 6.91. The molecule has 70 valence electrons. The maximum absolute atomic E-state index is 3.89. The largest absolute Gasteiger partial charge is 0.282 e. The molecule has 2 aromatic rings. The molecule has 0 bridgehead atoms. The molecule has 1 heterocycles. The van der Waals surface area contributed by atoms with Gasteiger partial charge in [0.25, 0.3) is 0 Å². The zero-order valence-corrected chi connectivity index (χ0v) is 7.85. The maximum Gasteiger partial charge on any atom is 0.0490 e. The lowest BCUT2D eigenvalue weighted by molar-refractivity contribution is 1.01. The molecule has 0 aliphatic heterocycles. The summed E-state index contributed by atoms with van der Waals surface area (Å²) >= 11 is 0. The molecular weight excluding hydrogens is 172 g/mol. The summed E-state index contributed by atoms with van der Waals surface area (Å²) < 4.78 is 0. The standard InChI is InChI=1S/C12H12N2/c1-2-5-11(6-3-1)7-4-8-12-9-10-13-14-12/h1-7,9-10H,8H2,(H,13,14). The van der Waals surface area contributed by atoms with E-state index in [9.17, 15) is 0 Å². The van der Waals surface area contributed by atoms with Crippen LogP contribution in [0.25, 0.3) is 6.08 Å². The van der Waals surface area contributed by atoms with Crippen LogP contribution >= 0.6 is 0 Å². The minimum absolute atomic E-state index is 0.898. The maximum atomic E-state index is 3.89. The molecule has 0 aliphatic rings. The predicted octanol–water partition coefficient (Wildman–Crippen LogP) is 2.67. The van der Waals surface area contributed by atoms with Crippen molar-refractivity contribution >= 4 is 6.08 Å². The Kier molecular flexibility index (Phi) is 2.76. The van der Waals surface area contributed by atoms with Gasteiger partial charge in [-0.25, -0.2) is 0 Å². The first-order valence-corrected chi connectivity index (χ1v) is 4.65. The molecule has 1 aromatic carbocycles. The average molecular weight is 184 g/mol. The number of H-pyrrole nitrogens is 1. The van der Waals surface area contributed by atoms with Crippen LogP contribution in [-0.4, -0.2) is 10.2 Å². The van der Waals surface area contributed by atoms with E-state index in [4.69, 9.17) is 0 Å². The molecule has 0 unspecified atom stereocenters. The molecule has 1 N–H and O–H groups in total. The second-order valence-electron chi connectivity index (χ2n) is 3.10. The lowest BCUT2D eigenvalue weighted by Crippen LogP contribution is -1.79. The van der Waals surface area contributed by atoms with E-state index < -0.39 is 0 Å². The van der Waals surface area contributed by atoms with E-state index in [1.807, 2.05) is 24.3 Å². The molecule has 0 aliphatic carbocycles. The summed E-state index contributed by atoms with van der Waals surface area (Å²) in [5.41, 5.74) is 2.36. The van der Waals surface area contributed by atoms with Gasteiger partial charge in [0.2, 0.25) is 0 Å². The highest BCUT2D eigenvalue weighted by molar-refractivity contribution is 5.48. The number of nitrogens with one attached hydrogen (secondary N) is 1. The monoisotopic (exact) mass is 184 g/mol. The number of nitrogens with zero attached hydrogens (tertiary/aromatic N) is 1. The van der Waals surface area contributed by atoms with Crippen molar-refractivity contribution in [2.75, 3.05) is 0 Å². The lowest BCUT2D eigenvalue weighted by Gasteiger charge is -1.91. The molecule has 2 rings (SSSR count). The van der Waals surface area contributed by atoms with E-state index in [1.165, 1.54) is 5.56 Å². The van der Waals surface area contributed by atoms with Gasteiger partial charge < -0.3 is 0 Å². The Labute approximate surface area is 83.3 Å². The van der Waals surface area contributed by atoms with Crippen molar-refractivity contribution in [1.29, 1.82) is 0 Å². The third-order valence-electron chi connectivity index (χ3n) is 2.01. The zero-order chi connectivity index (χ0) is 9.64. The quantitative estimate of drug-likeness (QED) is 0.780. The van der Waals surface area contributed by atoms with Gasteiger partial charge in [-0.05, 0) is 11.6 Å². The van der Waals surface area contributed by atoms with Gasteiger partial charge in [0.05, 0.1) is 0 Å². The molecule has 0 saturated heterocycles. The highest BCUT2D eigenvalue weighted by Crippen LogP contribution is 2.02. The summed E-state index contributed by atoms with van der Waals surface area (Å²) in [4.78, 5) is 0. The Morgan fingerprint density at radius 3 is 2.71 bits per heavy atom. The van der Waals surface area contributed by atoms with Gasteiger partial charge in [-0.3, -0.25) is 5.10 Å². The van der Waals surface area contributed by atoms with E-state index >= 15 is 0 Å². The van der Waals surface area contributed by atoms with Crippen LogP contribution < -0.4 is 0 Å². The van der Waals surface area contributed by atoms with Crippen molar-refractivity contribution in [3.63, 3.8) is 0 Å². The Hall–Kier alpha value is -1.83. The van der Waals surface area contributed by atoms with E-state index in [-0.39, 0.29) is 0 Å². The van der Waals surface area contributed by atoms with Crippen LogP contribution in [0.5, 0.6) is 0 Å². The van der Waals surface area contributed by atoms with Crippen LogP contribution in [0.1, 0.15) is 11.3 Å². The van der Waals surface area contributed by atoms with E-state index in [0.29, 0.717) is 0 Å².